The van der Waals surface area contributed by atoms with Crippen molar-refractivity contribution < 1.29 is 4.79 Å². The number of likely N-dealkylation sites (tertiary alicyclic amines) is 1. The molecule has 122 valence electrons. The number of carbonyl (C=O) groups excluding carboxylic acids is 1. The maximum absolute atomic E-state index is 12.2. The number of aromatic nitrogens is 1. The Hall–Kier alpha value is -1.62. The first-order valence-corrected chi connectivity index (χ1v) is 8.30. The SMILES string of the molecule is C[C@H](Cc1ccccn1)N(C)C(=O)NCCCN1CCCC1. The Morgan fingerprint density at radius 2 is 2.18 bits per heavy atom. The van der Waals surface area contributed by atoms with Crippen LogP contribution in [0.4, 0.5) is 4.79 Å². The molecule has 1 aromatic heterocycles. The molecule has 1 N–H and O–H groups in total. The van der Waals surface area contributed by atoms with Gasteiger partial charge < -0.3 is 15.1 Å². The van der Waals surface area contributed by atoms with Crippen molar-refractivity contribution in [2.24, 2.45) is 0 Å². The lowest BCUT2D eigenvalue weighted by molar-refractivity contribution is 0.192. The third kappa shape index (κ3) is 5.30. The van der Waals surface area contributed by atoms with Crippen molar-refractivity contribution in [3.05, 3.63) is 30.1 Å². The van der Waals surface area contributed by atoms with Crippen LogP contribution in [0, 0.1) is 0 Å². The number of urea groups is 1. The fourth-order valence-electron chi connectivity index (χ4n) is 2.79. The normalized spacial score (nSPS) is 16.5. The first-order valence-electron chi connectivity index (χ1n) is 8.30. The Morgan fingerprint density at radius 1 is 1.41 bits per heavy atom. The Labute approximate surface area is 133 Å². The molecule has 1 aromatic rings. The van der Waals surface area contributed by atoms with Crippen LogP contribution >= 0.6 is 0 Å². The van der Waals surface area contributed by atoms with E-state index in [1.165, 1.54) is 25.9 Å². The van der Waals surface area contributed by atoms with Gasteiger partial charge in [0.2, 0.25) is 0 Å². The minimum atomic E-state index is 0.00449. The van der Waals surface area contributed by atoms with E-state index < -0.39 is 0 Å². The van der Waals surface area contributed by atoms with Crippen LogP contribution in [0.15, 0.2) is 24.4 Å². The molecule has 0 aliphatic carbocycles. The zero-order chi connectivity index (χ0) is 15.8. The Kier molecular flexibility index (Phi) is 6.65. The highest BCUT2D eigenvalue weighted by atomic mass is 16.2. The van der Waals surface area contributed by atoms with E-state index in [1.807, 2.05) is 25.2 Å². The monoisotopic (exact) mass is 304 g/mol. The van der Waals surface area contributed by atoms with E-state index >= 15 is 0 Å². The van der Waals surface area contributed by atoms with Crippen molar-refractivity contribution in [2.45, 2.75) is 38.6 Å². The van der Waals surface area contributed by atoms with Crippen LogP contribution in [-0.2, 0) is 6.42 Å². The zero-order valence-corrected chi connectivity index (χ0v) is 13.8. The van der Waals surface area contributed by atoms with E-state index in [4.69, 9.17) is 0 Å². The van der Waals surface area contributed by atoms with Crippen molar-refractivity contribution >= 4 is 6.03 Å². The van der Waals surface area contributed by atoms with E-state index in [2.05, 4.69) is 22.1 Å². The highest BCUT2D eigenvalue weighted by Crippen LogP contribution is 2.07. The van der Waals surface area contributed by atoms with E-state index in [1.54, 1.807) is 11.1 Å². The molecule has 2 rings (SSSR count). The molecule has 1 atom stereocenters. The third-order valence-corrected chi connectivity index (χ3v) is 4.34. The van der Waals surface area contributed by atoms with Gasteiger partial charge in [-0.2, -0.15) is 0 Å². The summed E-state index contributed by atoms with van der Waals surface area (Å²) in [6, 6.07) is 6.02. The molecule has 1 aliphatic heterocycles. The lowest BCUT2D eigenvalue weighted by atomic mass is 10.1. The van der Waals surface area contributed by atoms with Crippen LogP contribution < -0.4 is 5.32 Å². The number of nitrogens with zero attached hydrogens (tertiary/aromatic N) is 3. The third-order valence-electron chi connectivity index (χ3n) is 4.34. The van der Waals surface area contributed by atoms with Gasteiger partial charge in [0.25, 0.3) is 0 Å². The molecule has 0 unspecified atom stereocenters. The van der Waals surface area contributed by atoms with Gasteiger partial charge >= 0.3 is 6.03 Å². The fourth-order valence-corrected chi connectivity index (χ4v) is 2.79. The highest BCUT2D eigenvalue weighted by molar-refractivity contribution is 5.74. The van der Waals surface area contributed by atoms with Crippen molar-refractivity contribution in [3.8, 4) is 0 Å². The van der Waals surface area contributed by atoms with E-state index in [0.717, 1.165) is 31.6 Å². The highest BCUT2D eigenvalue weighted by Gasteiger charge is 2.16. The topological polar surface area (TPSA) is 48.5 Å². The predicted octanol–water partition coefficient (Wildman–Crippen LogP) is 2.14. The summed E-state index contributed by atoms with van der Waals surface area (Å²) in [5.74, 6) is 0. The van der Waals surface area contributed by atoms with Crippen molar-refractivity contribution in [1.82, 2.24) is 20.1 Å². The van der Waals surface area contributed by atoms with Crippen molar-refractivity contribution in [1.29, 1.82) is 0 Å². The lowest BCUT2D eigenvalue weighted by Crippen LogP contribution is -2.44. The molecule has 1 fully saturated rings. The maximum Gasteiger partial charge on any atom is 0.317 e. The van der Waals surface area contributed by atoms with Gasteiger partial charge in [-0.1, -0.05) is 6.07 Å². The molecule has 0 bridgehead atoms. The van der Waals surface area contributed by atoms with Crippen LogP contribution in [0.2, 0.25) is 0 Å². The Bertz CT molecular complexity index is 445. The molecule has 2 heterocycles. The second-order valence-electron chi connectivity index (χ2n) is 6.12. The first-order chi connectivity index (χ1) is 10.7. The number of amides is 2. The van der Waals surface area contributed by atoms with Crippen LogP contribution in [0.3, 0.4) is 0 Å². The standard InChI is InChI=1S/C17H28N4O/c1-15(14-16-8-3-4-9-18-16)20(2)17(22)19-10-7-13-21-11-5-6-12-21/h3-4,8-9,15H,5-7,10-14H2,1-2H3,(H,19,22)/t15-/m1/s1. The molecule has 0 radical (unpaired) electrons. The summed E-state index contributed by atoms with van der Waals surface area (Å²) < 4.78 is 0. The lowest BCUT2D eigenvalue weighted by Gasteiger charge is -2.25. The molecule has 1 aliphatic rings. The smallest absolute Gasteiger partial charge is 0.317 e. The molecule has 0 saturated carbocycles. The predicted molar refractivity (Wildman–Crippen MR) is 88.9 cm³/mol. The van der Waals surface area contributed by atoms with Gasteiger partial charge in [0.15, 0.2) is 0 Å². The number of likely N-dealkylation sites (N-methyl/N-ethyl adjacent to an activating group) is 1. The molecule has 5 nitrogen and oxygen atoms in total. The number of pyridine rings is 1. The fraction of sp³-hybridized carbons (Fsp3) is 0.647. The number of rotatable bonds is 7. The van der Waals surface area contributed by atoms with Crippen LogP contribution in [0.1, 0.15) is 31.9 Å². The van der Waals surface area contributed by atoms with E-state index in [9.17, 15) is 4.79 Å². The average molecular weight is 304 g/mol. The van der Waals surface area contributed by atoms with Gasteiger partial charge in [-0.3, -0.25) is 4.98 Å². The molecule has 1 saturated heterocycles. The largest absolute Gasteiger partial charge is 0.338 e. The molecular weight excluding hydrogens is 276 g/mol. The minimum absolute atomic E-state index is 0.00449. The number of hydrogen-bond acceptors (Lipinski definition) is 3. The first kappa shape index (κ1) is 16.7. The second kappa shape index (κ2) is 8.73. The van der Waals surface area contributed by atoms with Gasteiger partial charge in [0, 0.05) is 37.9 Å². The minimum Gasteiger partial charge on any atom is -0.338 e. The average Bonchev–Trinajstić information content (AvgIpc) is 3.05. The van der Waals surface area contributed by atoms with E-state index in [0.29, 0.717) is 0 Å². The van der Waals surface area contributed by atoms with Gasteiger partial charge in [-0.05, 0) is 58.0 Å². The quantitative estimate of drug-likeness (QED) is 0.785. The molecular formula is C17H28N4O. The van der Waals surface area contributed by atoms with Crippen LogP contribution in [0.5, 0.6) is 0 Å². The van der Waals surface area contributed by atoms with Crippen molar-refractivity contribution in [3.63, 3.8) is 0 Å². The Morgan fingerprint density at radius 3 is 2.86 bits per heavy atom. The van der Waals surface area contributed by atoms with Crippen LogP contribution in [0.25, 0.3) is 0 Å². The summed E-state index contributed by atoms with van der Waals surface area (Å²) in [4.78, 5) is 20.7. The van der Waals surface area contributed by atoms with Crippen molar-refractivity contribution in [2.75, 3.05) is 33.2 Å². The number of hydrogen-bond donors (Lipinski definition) is 1. The maximum atomic E-state index is 12.2. The molecule has 2 amide bonds. The zero-order valence-electron chi connectivity index (χ0n) is 13.8. The molecule has 0 spiro atoms. The summed E-state index contributed by atoms with van der Waals surface area (Å²) in [7, 11) is 1.85. The van der Waals surface area contributed by atoms with E-state index in [-0.39, 0.29) is 12.1 Å². The summed E-state index contributed by atoms with van der Waals surface area (Å²) in [5, 5.41) is 3.01. The van der Waals surface area contributed by atoms with Gasteiger partial charge in [0.1, 0.15) is 0 Å². The molecule has 22 heavy (non-hydrogen) atoms. The summed E-state index contributed by atoms with van der Waals surface area (Å²) in [5.41, 5.74) is 1.02. The summed E-state index contributed by atoms with van der Waals surface area (Å²) >= 11 is 0. The summed E-state index contributed by atoms with van der Waals surface area (Å²) in [6.45, 7) is 6.33. The molecule has 5 heteroatoms. The van der Waals surface area contributed by atoms with Gasteiger partial charge in [0.05, 0.1) is 0 Å². The second-order valence-corrected chi connectivity index (χ2v) is 6.12. The summed E-state index contributed by atoms with van der Waals surface area (Å²) in [6.07, 6.45) is 6.23. The number of carbonyl (C=O) groups is 1. The van der Waals surface area contributed by atoms with Gasteiger partial charge in [-0.15, -0.1) is 0 Å². The Balaban J connectivity index is 1.65. The molecule has 0 aromatic carbocycles. The number of nitrogens with one attached hydrogen (secondary N) is 1. The van der Waals surface area contributed by atoms with Crippen LogP contribution in [-0.4, -0.2) is 60.1 Å². The van der Waals surface area contributed by atoms with Gasteiger partial charge in [-0.25, -0.2) is 4.79 Å².